The van der Waals surface area contributed by atoms with Crippen LogP contribution in [0.5, 0.6) is 0 Å². The van der Waals surface area contributed by atoms with E-state index in [1.165, 1.54) is 33.3 Å². The van der Waals surface area contributed by atoms with Gasteiger partial charge in [-0.3, -0.25) is 9.69 Å². The summed E-state index contributed by atoms with van der Waals surface area (Å²) in [6, 6.07) is 25.1. The summed E-state index contributed by atoms with van der Waals surface area (Å²) in [4.78, 5) is 15.4. The van der Waals surface area contributed by atoms with Crippen LogP contribution in [0.25, 0.3) is 10.9 Å². The van der Waals surface area contributed by atoms with Gasteiger partial charge in [-0.2, -0.15) is 0 Å². The second kappa shape index (κ2) is 10.3. The lowest BCUT2D eigenvalue weighted by molar-refractivity contribution is -0.121. The van der Waals surface area contributed by atoms with E-state index in [0.29, 0.717) is 0 Å². The van der Waals surface area contributed by atoms with Crippen LogP contribution in [0.2, 0.25) is 5.02 Å². The SMILES string of the molecule is Cc1ccc(NC(=O)C2CCN(Cc3cc4ccccc4n3Cc3ccc(Cl)cc3)CC2)cc1C. The van der Waals surface area contributed by atoms with Gasteiger partial charge in [0.25, 0.3) is 0 Å². The molecule has 1 fully saturated rings. The van der Waals surface area contributed by atoms with Gasteiger partial charge < -0.3 is 9.88 Å². The van der Waals surface area contributed by atoms with Gasteiger partial charge in [0.2, 0.25) is 5.91 Å². The summed E-state index contributed by atoms with van der Waals surface area (Å²) in [7, 11) is 0. The summed E-state index contributed by atoms with van der Waals surface area (Å²) in [6.45, 7) is 7.71. The zero-order chi connectivity index (χ0) is 24.4. The summed E-state index contributed by atoms with van der Waals surface area (Å²) in [5.41, 5.74) is 7.13. The van der Waals surface area contributed by atoms with Crippen LogP contribution in [0, 0.1) is 19.8 Å². The van der Waals surface area contributed by atoms with Crippen LogP contribution >= 0.6 is 11.6 Å². The van der Waals surface area contributed by atoms with E-state index >= 15 is 0 Å². The molecule has 0 saturated carbocycles. The second-order valence-electron chi connectivity index (χ2n) is 9.75. The fraction of sp³-hybridized carbons (Fsp3) is 0.300. The Bertz CT molecular complexity index is 1330. The van der Waals surface area contributed by atoms with Crippen LogP contribution in [0.3, 0.4) is 0 Å². The predicted molar refractivity (Wildman–Crippen MR) is 145 cm³/mol. The van der Waals surface area contributed by atoms with Crippen molar-refractivity contribution < 1.29 is 4.79 Å². The molecule has 0 spiro atoms. The first-order valence-corrected chi connectivity index (χ1v) is 12.8. The number of carbonyl (C=O) groups excluding carboxylic acids is 1. The van der Waals surface area contributed by atoms with E-state index in [-0.39, 0.29) is 11.8 Å². The van der Waals surface area contributed by atoms with E-state index in [9.17, 15) is 4.79 Å². The lowest BCUT2D eigenvalue weighted by atomic mass is 9.95. The van der Waals surface area contributed by atoms with E-state index in [4.69, 9.17) is 11.6 Å². The summed E-state index contributed by atoms with van der Waals surface area (Å²) in [6.07, 6.45) is 1.77. The van der Waals surface area contributed by atoms with Crippen molar-refractivity contribution >= 4 is 34.1 Å². The number of likely N-dealkylation sites (tertiary alicyclic amines) is 1. The van der Waals surface area contributed by atoms with E-state index in [1.807, 2.05) is 18.2 Å². The summed E-state index contributed by atoms with van der Waals surface area (Å²) >= 11 is 6.10. The lowest BCUT2D eigenvalue weighted by Gasteiger charge is -2.31. The Hall–Kier alpha value is -3.08. The van der Waals surface area contributed by atoms with Crippen molar-refractivity contribution in [1.82, 2.24) is 9.47 Å². The van der Waals surface area contributed by atoms with Gasteiger partial charge >= 0.3 is 0 Å². The highest BCUT2D eigenvalue weighted by molar-refractivity contribution is 6.30. The molecule has 3 aromatic carbocycles. The normalized spacial score (nSPS) is 14.9. The number of rotatable bonds is 6. The highest BCUT2D eigenvalue weighted by Gasteiger charge is 2.26. The number of amides is 1. The Morgan fingerprint density at radius 2 is 1.66 bits per heavy atom. The minimum absolute atomic E-state index is 0.0628. The molecule has 0 atom stereocenters. The molecule has 0 unspecified atom stereocenters. The third-order valence-corrected chi connectivity index (χ3v) is 7.52. The van der Waals surface area contributed by atoms with Gasteiger partial charge in [-0.1, -0.05) is 48.0 Å². The molecule has 4 aromatic rings. The quantitative estimate of drug-likeness (QED) is 0.325. The van der Waals surface area contributed by atoms with Crippen LogP contribution in [0.15, 0.2) is 72.8 Å². The average molecular weight is 486 g/mol. The molecule has 1 aromatic heterocycles. The van der Waals surface area contributed by atoms with Crippen LogP contribution < -0.4 is 5.32 Å². The number of piperidine rings is 1. The molecule has 5 heteroatoms. The Labute approximate surface area is 212 Å². The minimum atomic E-state index is 0.0628. The number of benzene rings is 3. The van der Waals surface area contributed by atoms with Gasteiger partial charge in [-0.05, 0) is 98.3 Å². The number of anilines is 1. The average Bonchev–Trinajstić information content (AvgIpc) is 3.20. The fourth-order valence-corrected chi connectivity index (χ4v) is 5.13. The van der Waals surface area contributed by atoms with E-state index in [0.717, 1.165) is 49.7 Å². The van der Waals surface area contributed by atoms with Crippen LogP contribution in [-0.4, -0.2) is 28.5 Å². The van der Waals surface area contributed by atoms with Crippen LogP contribution in [0.1, 0.15) is 35.2 Å². The molecule has 0 aliphatic carbocycles. The zero-order valence-corrected chi connectivity index (χ0v) is 21.2. The van der Waals surface area contributed by atoms with Crippen molar-refractivity contribution in [3.8, 4) is 0 Å². The topological polar surface area (TPSA) is 37.3 Å². The fourth-order valence-electron chi connectivity index (χ4n) is 5.00. The monoisotopic (exact) mass is 485 g/mol. The first-order valence-electron chi connectivity index (χ1n) is 12.4. The van der Waals surface area contributed by atoms with E-state index in [2.05, 4.69) is 83.2 Å². The molecule has 5 rings (SSSR count). The molecular weight excluding hydrogens is 454 g/mol. The van der Waals surface area contributed by atoms with Crippen molar-refractivity contribution in [2.75, 3.05) is 18.4 Å². The molecule has 1 aliphatic heterocycles. The maximum atomic E-state index is 12.9. The molecule has 1 aliphatic rings. The third-order valence-electron chi connectivity index (χ3n) is 7.27. The van der Waals surface area contributed by atoms with Crippen LogP contribution in [0.4, 0.5) is 5.69 Å². The van der Waals surface area contributed by atoms with Gasteiger partial charge in [0, 0.05) is 40.9 Å². The number of fused-ring (bicyclic) bond motifs is 1. The molecule has 1 amide bonds. The minimum Gasteiger partial charge on any atom is -0.339 e. The van der Waals surface area contributed by atoms with Gasteiger partial charge in [0.15, 0.2) is 0 Å². The molecule has 0 bridgehead atoms. The Morgan fingerprint density at radius 1 is 0.914 bits per heavy atom. The largest absolute Gasteiger partial charge is 0.339 e. The van der Waals surface area contributed by atoms with Crippen molar-refractivity contribution in [3.63, 3.8) is 0 Å². The lowest BCUT2D eigenvalue weighted by Crippen LogP contribution is -2.38. The number of halogens is 1. The highest BCUT2D eigenvalue weighted by atomic mass is 35.5. The number of carbonyl (C=O) groups is 1. The van der Waals surface area contributed by atoms with Crippen molar-refractivity contribution in [2.45, 2.75) is 39.8 Å². The molecule has 0 radical (unpaired) electrons. The Balaban J connectivity index is 1.25. The van der Waals surface area contributed by atoms with Crippen molar-refractivity contribution in [1.29, 1.82) is 0 Å². The predicted octanol–water partition coefficient (Wildman–Crippen LogP) is 6.81. The summed E-state index contributed by atoms with van der Waals surface area (Å²) in [5, 5.41) is 5.15. The summed E-state index contributed by atoms with van der Waals surface area (Å²) < 4.78 is 2.41. The second-order valence-corrected chi connectivity index (χ2v) is 10.2. The maximum absolute atomic E-state index is 12.9. The number of hydrogen-bond donors (Lipinski definition) is 1. The van der Waals surface area contributed by atoms with Crippen molar-refractivity contribution in [2.24, 2.45) is 5.92 Å². The van der Waals surface area contributed by atoms with E-state index in [1.54, 1.807) is 0 Å². The van der Waals surface area contributed by atoms with Gasteiger partial charge in [-0.25, -0.2) is 0 Å². The number of nitrogens with one attached hydrogen (secondary N) is 1. The Morgan fingerprint density at radius 3 is 2.40 bits per heavy atom. The Kier molecular flexibility index (Phi) is 6.94. The first kappa shape index (κ1) is 23.7. The van der Waals surface area contributed by atoms with Crippen LogP contribution in [-0.2, 0) is 17.9 Å². The number of aromatic nitrogens is 1. The molecule has 1 N–H and O–H groups in total. The van der Waals surface area contributed by atoms with Gasteiger partial charge in [0.05, 0.1) is 0 Å². The third kappa shape index (κ3) is 5.44. The smallest absolute Gasteiger partial charge is 0.227 e. The summed E-state index contributed by atoms with van der Waals surface area (Å²) in [5.74, 6) is 0.206. The van der Waals surface area contributed by atoms with Gasteiger partial charge in [-0.15, -0.1) is 0 Å². The number of hydrogen-bond acceptors (Lipinski definition) is 2. The molecule has 1 saturated heterocycles. The molecule has 180 valence electrons. The zero-order valence-electron chi connectivity index (χ0n) is 20.4. The number of aryl methyl sites for hydroxylation is 2. The van der Waals surface area contributed by atoms with Gasteiger partial charge in [0.1, 0.15) is 0 Å². The number of nitrogens with zero attached hydrogens (tertiary/aromatic N) is 2. The number of para-hydroxylation sites is 1. The molecule has 2 heterocycles. The van der Waals surface area contributed by atoms with E-state index < -0.39 is 0 Å². The molecule has 4 nitrogen and oxygen atoms in total. The highest BCUT2D eigenvalue weighted by Crippen LogP contribution is 2.26. The van der Waals surface area contributed by atoms with Crippen molar-refractivity contribution in [3.05, 3.63) is 100 Å². The molecule has 35 heavy (non-hydrogen) atoms. The molecular formula is C30H32ClN3O. The maximum Gasteiger partial charge on any atom is 0.227 e. The first-order chi connectivity index (χ1) is 17.0. The standard InChI is InChI=1S/C30H32ClN3O/c1-21-7-12-27(17-22(21)2)32-30(35)24-13-15-33(16-14-24)20-28-18-25-5-3-4-6-29(25)34(28)19-23-8-10-26(31)11-9-23/h3-12,17-18,24H,13-16,19-20H2,1-2H3,(H,32,35).